The van der Waals surface area contributed by atoms with Crippen molar-refractivity contribution in [1.29, 1.82) is 5.26 Å². The fraction of sp³-hybridized carbons (Fsp3) is 0.833. The molecule has 1 unspecified atom stereocenters. The number of nitrogens with two attached hydrogens (primary N) is 1. The summed E-state index contributed by atoms with van der Waals surface area (Å²) in [6.45, 7) is 2.07. The monoisotopic (exact) mass is 146 g/mol. The maximum Gasteiger partial charge on any atom is 0.107 e. The highest BCUT2D eigenvalue weighted by atomic mass is 35.5. The van der Waals surface area contributed by atoms with E-state index in [9.17, 15) is 0 Å². The Morgan fingerprint density at radius 2 is 2.44 bits per heavy atom. The Morgan fingerprint density at radius 3 is 2.56 bits per heavy atom. The van der Waals surface area contributed by atoms with Crippen molar-refractivity contribution in [2.45, 2.75) is 25.3 Å². The highest BCUT2D eigenvalue weighted by molar-refractivity contribution is 5.85. The zero-order valence-electron chi connectivity index (χ0n) is 5.42. The average Bonchev–Trinajstić information content (AvgIpc) is 2.44. The lowest BCUT2D eigenvalue weighted by molar-refractivity contribution is 0.691. The van der Waals surface area contributed by atoms with Gasteiger partial charge in [0.15, 0.2) is 0 Å². The predicted molar refractivity (Wildman–Crippen MR) is 38.2 cm³/mol. The van der Waals surface area contributed by atoms with Gasteiger partial charge in [0.25, 0.3) is 0 Å². The molecule has 1 rings (SSSR count). The zero-order valence-corrected chi connectivity index (χ0v) is 6.24. The van der Waals surface area contributed by atoms with Crippen molar-refractivity contribution in [3.63, 3.8) is 0 Å². The topological polar surface area (TPSA) is 49.8 Å². The van der Waals surface area contributed by atoms with Crippen molar-refractivity contribution < 1.29 is 0 Å². The van der Waals surface area contributed by atoms with E-state index in [1.807, 2.05) is 0 Å². The molecule has 9 heavy (non-hydrogen) atoms. The highest BCUT2D eigenvalue weighted by Gasteiger charge is 2.50. The number of nitriles is 1. The summed E-state index contributed by atoms with van der Waals surface area (Å²) in [7, 11) is 0. The SMILES string of the molecule is CC[C@@H]1CC1(N)C#N.Cl. The molecule has 0 aromatic carbocycles. The maximum absolute atomic E-state index is 8.39. The van der Waals surface area contributed by atoms with Crippen LogP contribution >= 0.6 is 12.4 Å². The van der Waals surface area contributed by atoms with E-state index in [0.717, 1.165) is 12.8 Å². The second-order valence-electron chi connectivity index (χ2n) is 2.46. The van der Waals surface area contributed by atoms with Crippen LogP contribution in [-0.2, 0) is 0 Å². The van der Waals surface area contributed by atoms with E-state index in [-0.39, 0.29) is 12.4 Å². The van der Waals surface area contributed by atoms with Gasteiger partial charge in [-0.25, -0.2) is 0 Å². The Labute approximate surface area is 61.4 Å². The molecule has 0 aliphatic heterocycles. The van der Waals surface area contributed by atoms with Gasteiger partial charge in [-0.1, -0.05) is 13.3 Å². The van der Waals surface area contributed by atoms with Crippen LogP contribution in [0.3, 0.4) is 0 Å². The summed E-state index contributed by atoms with van der Waals surface area (Å²) >= 11 is 0. The van der Waals surface area contributed by atoms with Gasteiger partial charge in [0.1, 0.15) is 5.54 Å². The summed E-state index contributed by atoms with van der Waals surface area (Å²) in [5.74, 6) is 0.479. The summed E-state index contributed by atoms with van der Waals surface area (Å²) in [4.78, 5) is 0. The molecule has 0 aromatic heterocycles. The molecule has 52 valence electrons. The minimum absolute atomic E-state index is 0. The quantitative estimate of drug-likeness (QED) is 0.602. The normalized spacial score (nSPS) is 38.6. The van der Waals surface area contributed by atoms with Crippen molar-refractivity contribution in [2.24, 2.45) is 11.7 Å². The standard InChI is InChI=1S/C6H10N2.ClH/c1-2-5-3-6(5,8)4-7;/h5H,2-3,8H2,1H3;1H/t5-,6?;/m1./s1. The van der Waals surface area contributed by atoms with E-state index in [1.165, 1.54) is 0 Å². The Kier molecular flexibility index (Phi) is 2.48. The van der Waals surface area contributed by atoms with Gasteiger partial charge in [0, 0.05) is 0 Å². The fourth-order valence-electron chi connectivity index (χ4n) is 0.994. The third-order valence-electron chi connectivity index (χ3n) is 1.85. The van der Waals surface area contributed by atoms with Crippen LogP contribution in [0.15, 0.2) is 0 Å². The first-order chi connectivity index (χ1) is 3.73. The maximum atomic E-state index is 8.39. The minimum Gasteiger partial charge on any atom is -0.313 e. The van der Waals surface area contributed by atoms with Crippen LogP contribution in [-0.4, -0.2) is 5.54 Å². The molecular formula is C6H11ClN2. The number of hydrogen-bond acceptors (Lipinski definition) is 2. The van der Waals surface area contributed by atoms with Crippen LogP contribution < -0.4 is 5.73 Å². The summed E-state index contributed by atoms with van der Waals surface area (Å²) in [6.07, 6.45) is 1.95. The summed E-state index contributed by atoms with van der Waals surface area (Å²) < 4.78 is 0. The van der Waals surface area contributed by atoms with Gasteiger partial charge in [-0.2, -0.15) is 5.26 Å². The smallest absolute Gasteiger partial charge is 0.107 e. The molecule has 2 N–H and O–H groups in total. The van der Waals surface area contributed by atoms with Crippen LogP contribution in [0.5, 0.6) is 0 Å². The van der Waals surface area contributed by atoms with E-state index >= 15 is 0 Å². The molecular weight excluding hydrogens is 136 g/mol. The molecule has 1 fully saturated rings. The van der Waals surface area contributed by atoms with Gasteiger partial charge in [-0.15, -0.1) is 12.4 Å². The molecule has 0 spiro atoms. The molecule has 1 aliphatic rings. The second-order valence-corrected chi connectivity index (χ2v) is 2.46. The first-order valence-corrected chi connectivity index (χ1v) is 2.93. The molecule has 2 nitrogen and oxygen atoms in total. The van der Waals surface area contributed by atoms with Crippen LogP contribution in [0.2, 0.25) is 0 Å². The van der Waals surface area contributed by atoms with Crippen molar-refractivity contribution in [2.75, 3.05) is 0 Å². The van der Waals surface area contributed by atoms with Crippen LogP contribution in [0.1, 0.15) is 19.8 Å². The predicted octanol–water partition coefficient (Wildman–Crippen LogP) is 1.06. The second kappa shape index (κ2) is 2.55. The van der Waals surface area contributed by atoms with Crippen LogP contribution in [0, 0.1) is 17.2 Å². The molecule has 0 aromatic rings. The first kappa shape index (κ1) is 8.74. The average molecular weight is 147 g/mol. The van der Waals surface area contributed by atoms with Gasteiger partial charge >= 0.3 is 0 Å². The lowest BCUT2D eigenvalue weighted by Gasteiger charge is -1.93. The lowest BCUT2D eigenvalue weighted by Crippen LogP contribution is -2.21. The van der Waals surface area contributed by atoms with Gasteiger partial charge in [-0.3, -0.25) is 0 Å². The molecule has 0 saturated heterocycles. The molecule has 3 heteroatoms. The van der Waals surface area contributed by atoms with Gasteiger partial charge in [0.2, 0.25) is 0 Å². The summed E-state index contributed by atoms with van der Waals surface area (Å²) in [6, 6.07) is 2.09. The molecule has 0 amide bonds. The van der Waals surface area contributed by atoms with Crippen LogP contribution in [0.4, 0.5) is 0 Å². The van der Waals surface area contributed by atoms with E-state index in [2.05, 4.69) is 13.0 Å². The lowest BCUT2D eigenvalue weighted by atomic mass is 10.2. The Balaban J connectivity index is 0.000000640. The van der Waals surface area contributed by atoms with Crippen LogP contribution in [0.25, 0.3) is 0 Å². The molecule has 1 saturated carbocycles. The van der Waals surface area contributed by atoms with Gasteiger partial charge in [0.05, 0.1) is 6.07 Å². The van der Waals surface area contributed by atoms with Gasteiger partial charge in [-0.05, 0) is 12.3 Å². The minimum atomic E-state index is -0.436. The highest BCUT2D eigenvalue weighted by Crippen LogP contribution is 2.42. The van der Waals surface area contributed by atoms with E-state index in [4.69, 9.17) is 11.0 Å². The van der Waals surface area contributed by atoms with E-state index < -0.39 is 5.54 Å². The van der Waals surface area contributed by atoms with E-state index in [0.29, 0.717) is 5.92 Å². The van der Waals surface area contributed by atoms with Crippen molar-refractivity contribution in [1.82, 2.24) is 0 Å². The Morgan fingerprint density at radius 1 is 1.89 bits per heavy atom. The molecule has 0 bridgehead atoms. The van der Waals surface area contributed by atoms with Crippen molar-refractivity contribution in [3.8, 4) is 6.07 Å². The zero-order chi connectivity index (χ0) is 6.20. The first-order valence-electron chi connectivity index (χ1n) is 2.93. The molecule has 2 atom stereocenters. The molecule has 1 aliphatic carbocycles. The van der Waals surface area contributed by atoms with Gasteiger partial charge < -0.3 is 5.73 Å². The third-order valence-corrected chi connectivity index (χ3v) is 1.85. The van der Waals surface area contributed by atoms with E-state index in [1.54, 1.807) is 0 Å². The Hall–Kier alpha value is -0.260. The van der Waals surface area contributed by atoms with Crippen molar-refractivity contribution in [3.05, 3.63) is 0 Å². The molecule has 0 radical (unpaired) electrons. The number of nitrogens with zero attached hydrogens (tertiary/aromatic N) is 1. The number of hydrogen-bond donors (Lipinski definition) is 1. The number of rotatable bonds is 1. The largest absolute Gasteiger partial charge is 0.313 e. The fourth-order valence-corrected chi connectivity index (χ4v) is 0.994. The Bertz CT molecular complexity index is 140. The third kappa shape index (κ3) is 1.35. The number of halogens is 1. The summed E-state index contributed by atoms with van der Waals surface area (Å²) in [5.41, 5.74) is 5.10. The molecule has 0 heterocycles. The summed E-state index contributed by atoms with van der Waals surface area (Å²) in [5, 5.41) is 8.39. The van der Waals surface area contributed by atoms with Crippen molar-refractivity contribution >= 4 is 12.4 Å².